The van der Waals surface area contributed by atoms with Gasteiger partial charge in [-0.05, 0) is 35.2 Å². The number of primary amides is 1. The molecule has 25 heavy (non-hydrogen) atoms. The summed E-state index contributed by atoms with van der Waals surface area (Å²) in [5.41, 5.74) is 7.58. The van der Waals surface area contributed by atoms with Gasteiger partial charge in [0.1, 0.15) is 0 Å². The SMILES string of the molecule is CC(F)(F)C1=CSCN1c1cccc(C(N)=O)c1-c1ccc(Br)cc1. The van der Waals surface area contributed by atoms with Crippen LogP contribution in [0.1, 0.15) is 17.3 Å². The van der Waals surface area contributed by atoms with Gasteiger partial charge in [0.25, 0.3) is 5.92 Å². The lowest BCUT2D eigenvalue weighted by Crippen LogP contribution is -2.30. The molecule has 0 radical (unpaired) electrons. The van der Waals surface area contributed by atoms with Crippen molar-refractivity contribution in [1.29, 1.82) is 0 Å². The summed E-state index contributed by atoms with van der Waals surface area (Å²) in [4.78, 5) is 13.5. The van der Waals surface area contributed by atoms with Crippen molar-refractivity contribution >= 4 is 39.3 Å². The second-order valence-electron chi connectivity index (χ2n) is 5.69. The van der Waals surface area contributed by atoms with Crippen LogP contribution in [0.2, 0.25) is 0 Å². The topological polar surface area (TPSA) is 46.3 Å². The van der Waals surface area contributed by atoms with Crippen LogP contribution in [-0.2, 0) is 0 Å². The van der Waals surface area contributed by atoms with Crippen molar-refractivity contribution in [3.63, 3.8) is 0 Å². The zero-order valence-corrected chi connectivity index (χ0v) is 15.7. The summed E-state index contributed by atoms with van der Waals surface area (Å²) in [5, 5.41) is 1.46. The van der Waals surface area contributed by atoms with Crippen LogP contribution in [0.25, 0.3) is 11.1 Å². The molecule has 1 aliphatic heterocycles. The van der Waals surface area contributed by atoms with E-state index in [-0.39, 0.29) is 5.70 Å². The molecule has 130 valence electrons. The molecule has 0 saturated heterocycles. The van der Waals surface area contributed by atoms with Crippen molar-refractivity contribution in [2.24, 2.45) is 5.73 Å². The number of thioether (sulfide) groups is 1. The van der Waals surface area contributed by atoms with E-state index in [0.717, 1.165) is 17.0 Å². The number of rotatable bonds is 4. The molecular formula is C18H15BrF2N2OS. The highest BCUT2D eigenvalue weighted by molar-refractivity contribution is 9.10. The molecule has 7 heteroatoms. The van der Waals surface area contributed by atoms with Crippen molar-refractivity contribution in [1.82, 2.24) is 0 Å². The third kappa shape index (κ3) is 3.57. The number of amides is 1. The van der Waals surface area contributed by atoms with E-state index in [2.05, 4.69) is 15.9 Å². The molecule has 1 amide bonds. The third-order valence-electron chi connectivity index (χ3n) is 3.87. The summed E-state index contributed by atoms with van der Waals surface area (Å²) in [6, 6.07) is 12.3. The van der Waals surface area contributed by atoms with E-state index in [4.69, 9.17) is 5.73 Å². The molecule has 0 unspecified atom stereocenters. The molecule has 2 aromatic carbocycles. The number of alkyl halides is 2. The largest absolute Gasteiger partial charge is 0.366 e. The lowest BCUT2D eigenvalue weighted by Gasteiger charge is -2.28. The maximum absolute atomic E-state index is 14.0. The van der Waals surface area contributed by atoms with E-state index in [1.54, 1.807) is 18.2 Å². The number of anilines is 1. The van der Waals surface area contributed by atoms with Crippen molar-refractivity contribution in [2.75, 3.05) is 10.8 Å². The van der Waals surface area contributed by atoms with Gasteiger partial charge in [-0.2, -0.15) is 8.78 Å². The number of nitrogens with two attached hydrogens (primary N) is 1. The monoisotopic (exact) mass is 424 g/mol. The normalized spacial score (nSPS) is 14.6. The Morgan fingerprint density at radius 2 is 1.92 bits per heavy atom. The zero-order valence-electron chi connectivity index (χ0n) is 13.3. The molecule has 1 aliphatic rings. The molecule has 0 atom stereocenters. The average molecular weight is 425 g/mol. The molecule has 2 N–H and O–H groups in total. The minimum atomic E-state index is -2.98. The first-order chi connectivity index (χ1) is 11.8. The molecular weight excluding hydrogens is 410 g/mol. The highest BCUT2D eigenvalue weighted by Crippen LogP contribution is 2.43. The van der Waals surface area contributed by atoms with Gasteiger partial charge >= 0.3 is 0 Å². The number of hydrogen-bond donors (Lipinski definition) is 1. The van der Waals surface area contributed by atoms with Crippen LogP contribution in [0.4, 0.5) is 14.5 Å². The Labute approximate surface area is 157 Å². The maximum Gasteiger partial charge on any atom is 0.285 e. The average Bonchev–Trinajstić information content (AvgIpc) is 3.04. The van der Waals surface area contributed by atoms with Crippen LogP contribution in [0, 0.1) is 0 Å². The first-order valence-corrected chi connectivity index (χ1v) is 9.29. The summed E-state index contributed by atoms with van der Waals surface area (Å²) < 4.78 is 28.9. The Morgan fingerprint density at radius 3 is 2.52 bits per heavy atom. The van der Waals surface area contributed by atoms with E-state index >= 15 is 0 Å². The van der Waals surface area contributed by atoms with Crippen LogP contribution in [0.15, 0.2) is 58.0 Å². The molecule has 1 heterocycles. The Bertz CT molecular complexity index is 847. The second kappa shape index (κ2) is 6.80. The van der Waals surface area contributed by atoms with Gasteiger partial charge in [-0.25, -0.2) is 0 Å². The molecule has 0 saturated carbocycles. The quantitative estimate of drug-likeness (QED) is 0.731. The fourth-order valence-electron chi connectivity index (χ4n) is 2.75. The molecule has 0 aromatic heterocycles. The molecule has 0 fully saturated rings. The van der Waals surface area contributed by atoms with Gasteiger partial charge in [0.2, 0.25) is 5.91 Å². The van der Waals surface area contributed by atoms with Gasteiger partial charge in [0, 0.05) is 22.5 Å². The van der Waals surface area contributed by atoms with Crippen molar-refractivity contribution in [2.45, 2.75) is 12.8 Å². The van der Waals surface area contributed by atoms with Crippen LogP contribution < -0.4 is 10.6 Å². The van der Waals surface area contributed by atoms with E-state index in [1.165, 1.54) is 22.1 Å². The Morgan fingerprint density at radius 1 is 1.24 bits per heavy atom. The predicted molar refractivity (Wildman–Crippen MR) is 102 cm³/mol. The number of halogens is 3. The number of carbonyl (C=O) groups is 1. The predicted octanol–water partition coefficient (Wildman–Crippen LogP) is 5.22. The second-order valence-corrected chi connectivity index (χ2v) is 7.43. The third-order valence-corrected chi connectivity index (χ3v) is 5.20. The molecule has 0 spiro atoms. The van der Waals surface area contributed by atoms with Crippen molar-refractivity contribution < 1.29 is 13.6 Å². The Hall–Kier alpha value is -1.86. The smallest absolute Gasteiger partial charge is 0.285 e. The first-order valence-electron chi connectivity index (χ1n) is 7.45. The van der Waals surface area contributed by atoms with Gasteiger partial charge in [-0.3, -0.25) is 4.79 Å². The highest BCUT2D eigenvalue weighted by atomic mass is 79.9. The van der Waals surface area contributed by atoms with Crippen LogP contribution >= 0.6 is 27.7 Å². The number of hydrogen-bond acceptors (Lipinski definition) is 3. The highest BCUT2D eigenvalue weighted by Gasteiger charge is 2.36. The molecule has 3 rings (SSSR count). The first kappa shape index (κ1) is 17.9. The lowest BCUT2D eigenvalue weighted by atomic mass is 9.96. The minimum absolute atomic E-state index is 0.0857. The van der Waals surface area contributed by atoms with Gasteiger partial charge in [-0.15, -0.1) is 11.8 Å². The molecule has 3 nitrogen and oxygen atoms in total. The van der Waals surface area contributed by atoms with Crippen molar-refractivity contribution in [3.05, 3.63) is 63.6 Å². The van der Waals surface area contributed by atoms with Crippen LogP contribution in [-0.4, -0.2) is 17.7 Å². The fourth-order valence-corrected chi connectivity index (χ4v) is 4.01. The summed E-state index contributed by atoms with van der Waals surface area (Å²) in [5.74, 6) is -3.23. The summed E-state index contributed by atoms with van der Waals surface area (Å²) in [7, 11) is 0. The Kier molecular flexibility index (Phi) is 4.88. The maximum atomic E-state index is 14.0. The lowest BCUT2D eigenvalue weighted by molar-refractivity contribution is 0.0616. The van der Waals surface area contributed by atoms with Gasteiger partial charge < -0.3 is 10.6 Å². The number of nitrogens with zero attached hydrogens (tertiary/aromatic N) is 1. The number of carbonyl (C=O) groups excluding carboxylic acids is 1. The van der Waals surface area contributed by atoms with Gasteiger partial charge in [0.15, 0.2) is 0 Å². The number of benzene rings is 2. The summed E-state index contributed by atoms with van der Waals surface area (Å²) in [6.07, 6.45) is 0. The van der Waals surface area contributed by atoms with Gasteiger partial charge in [0.05, 0.1) is 17.3 Å². The van der Waals surface area contributed by atoms with Crippen LogP contribution in [0.3, 0.4) is 0 Å². The summed E-state index contributed by atoms with van der Waals surface area (Å²) >= 11 is 4.67. The molecule has 2 aromatic rings. The van der Waals surface area contributed by atoms with E-state index in [0.29, 0.717) is 22.7 Å². The van der Waals surface area contributed by atoms with E-state index in [9.17, 15) is 13.6 Å². The standard InChI is InChI=1S/C18H15BrF2N2OS/c1-18(20,21)15-9-25-10-23(15)14-4-2-3-13(17(22)24)16(14)11-5-7-12(19)8-6-11/h2-9H,10H2,1H3,(H2,22,24). The minimum Gasteiger partial charge on any atom is -0.366 e. The molecule has 0 aliphatic carbocycles. The Balaban J connectivity index is 2.21. The number of allylic oxidation sites excluding steroid dienone is 1. The fraction of sp³-hybridized carbons (Fsp3) is 0.167. The zero-order chi connectivity index (χ0) is 18.2. The van der Waals surface area contributed by atoms with E-state index < -0.39 is 11.8 Å². The van der Waals surface area contributed by atoms with Crippen molar-refractivity contribution in [3.8, 4) is 11.1 Å². The van der Waals surface area contributed by atoms with E-state index in [1.807, 2.05) is 24.3 Å². The van der Waals surface area contributed by atoms with Gasteiger partial charge in [-0.1, -0.05) is 34.1 Å². The van der Waals surface area contributed by atoms with Crippen LogP contribution in [0.5, 0.6) is 0 Å². The summed E-state index contributed by atoms with van der Waals surface area (Å²) in [6.45, 7) is 0.870. The molecule has 0 bridgehead atoms.